The summed E-state index contributed by atoms with van der Waals surface area (Å²) < 4.78 is 0. The van der Waals surface area contributed by atoms with Gasteiger partial charge < -0.3 is 10.2 Å². The minimum atomic E-state index is 0.141. The molecular formula is C15H26N2O. The molecule has 0 aromatic carbocycles. The Labute approximate surface area is 111 Å². The van der Waals surface area contributed by atoms with E-state index in [1.54, 1.807) is 6.08 Å². The number of carbonyl (C=O) groups is 1. The highest BCUT2D eigenvalue weighted by Crippen LogP contribution is 2.16. The molecule has 18 heavy (non-hydrogen) atoms. The molecule has 102 valence electrons. The monoisotopic (exact) mass is 250 g/mol. The van der Waals surface area contributed by atoms with Gasteiger partial charge in [0.05, 0.1) is 0 Å². The molecule has 1 atom stereocenters. The Kier molecular flexibility index (Phi) is 6.73. The maximum atomic E-state index is 11.9. The van der Waals surface area contributed by atoms with Crippen LogP contribution < -0.4 is 5.32 Å². The summed E-state index contributed by atoms with van der Waals surface area (Å²) in [5, 5.41) is 3.46. The number of nitrogens with zero attached hydrogens (tertiary/aromatic N) is 1. The van der Waals surface area contributed by atoms with Gasteiger partial charge in [0.25, 0.3) is 0 Å². The number of hydrogen-bond acceptors (Lipinski definition) is 2. The Bertz CT molecular complexity index is 308. The first-order valence-corrected chi connectivity index (χ1v) is 6.95. The highest BCUT2D eigenvalue weighted by atomic mass is 16.2. The summed E-state index contributed by atoms with van der Waals surface area (Å²) in [4.78, 5) is 13.9. The molecule has 0 aromatic rings. The summed E-state index contributed by atoms with van der Waals surface area (Å²) in [6.45, 7) is 9.07. The zero-order valence-corrected chi connectivity index (χ0v) is 11.9. The Balaban J connectivity index is 2.40. The molecule has 0 radical (unpaired) electrons. The molecule has 0 saturated carbocycles. The Morgan fingerprint density at radius 1 is 1.44 bits per heavy atom. The van der Waals surface area contributed by atoms with Crippen LogP contribution in [0.25, 0.3) is 0 Å². The van der Waals surface area contributed by atoms with Gasteiger partial charge in [-0.15, -0.1) is 0 Å². The van der Waals surface area contributed by atoms with Gasteiger partial charge in [-0.1, -0.05) is 32.1 Å². The third-order valence-corrected chi connectivity index (χ3v) is 3.19. The van der Waals surface area contributed by atoms with E-state index in [1.807, 2.05) is 30.1 Å². The average Bonchev–Trinajstić information content (AvgIpc) is 2.37. The summed E-state index contributed by atoms with van der Waals surface area (Å²) >= 11 is 0. The standard InChI is InChI=1S/C15H26N2O/c1-4-5-6-9-15(18)17-10-7-8-14(12-17)11-16-13(2)3/h4-6,9,13-14,16H,7-8,10-12H2,1-3H3. The second kappa shape index (κ2) is 8.09. The second-order valence-corrected chi connectivity index (χ2v) is 5.24. The molecule has 1 saturated heterocycles. The average molecular weight is 250 g/mol. The topological polar surface area (TPSA) is 32.3 Å². The highest BCUT2D eigenvalue weighted by Gasteiger charge is 2.22. The molecule has 1 amide bonds. The van der Waals surface area contributed by atoms with Crippen LogP contribution in [-0.2, 0) is 4.79 Å². The second-order valence-electron chi connectivity index (χ2n) is 5.24. The number of amides is 1. The molecule has 1 aliphatic rings. The molecule has 1 unspecified atom stereocenters. The maximum absolute atomic E-state index is 11.9. The molecule has 1 N–H and O–H groups in total. The fourth-order valence-corrected chi connectivity index (χ4v) is 2.19. The van der Waals surface area contributed by atoms with Crippen molar-refractivity contribution in [2.24, 2.45) is 5.92 Å². The van der Waals surface area contributed by atoms with Gasteiger partial charge in [0, 0.05) is 25.2 Å². The lowest BCUT2D eigenvalue weighted by Gasteiger charge is -2.32. The molecule has 0 spiro atoms. The Morgan fingerprint density at radius 2 is 2.22 bits per heavy atom. The van der Waals surface area contributed by atoms with Crippen molar-refractivity contribution in [1.82, 2.24) is 10.2 Å². The van der Waals surface area contributed by atoms with Crippen LogP contribution in [0.15, 0.2) is 24.3 Å². The number of carbonyl (C=O) groups excluding carboxylic acids is 1. The normalized spacial score (nSPS) is 21.3. The minimum Gasteiger partial charge on any atom is -0.339 e. The lowest BCUT2D eigenvalue weighted by Crippen LogP contribution is -2.43. The molecule has 3 heteroatoms. The Hall–Kier alpha value is -1.09. The van der Waals surface area contributed by atoms with E-state index in [4.69, 9.17) is 0 Å². The maximum Gasteiger partial charge on any atom is 0.246 e. The van der Waals surface area contributed by atoms with Crippen LogP contribution in [0.5, 0.6) is 0 Å². The zero-order valence-electron chi connectivity index (χ0n) is 11.9. The first-order valence-electron chi connectivity index (χ1n) is 6.95. The predicted molar refractivity (Wildman–Crippen MR) is 76.4 cm³/mol. The summed E-state index contributed by atoms with van der Waals surface area (Å²) in [5.41, 5.74) is 0. The number of hydrogen-bond donors (Lipinski definition) is 1. The molecule has 0 bridgehead atoms. The van der Waals surface area contributed by atoms with Crippen LogP contribution in [0.3, 0.4) is 0 Å². The van der Waals surface area contributed by atoms with E-state index in [2.05, 4.69) is 19.2 Å². The molecule has 1 heterocycles. The molecule has 1 aliphatic heterocycles. The van der Waals surface area contributed by atoms with Crippen LogP contribution in [0.4, 0.5) is 0 Å². The van der Waals surface area contributed by atoms with Crippen LogP contribution >= 0.6 is 0 Å². The number of piperidine rings is 1. The fourth-order valence-electron chi connectivity index (χ4n) is 2.19. The third-order valence-electron chi connectivity index (χ3n) is 3.19. The van der Waals surface area contributed by atoms with E-state index in [9.17, 15) is 4.79 Å². The van der Waals surface area contributed by atoms with Gasteiger partial charge in [0.1, 0.15) is 0 Å². The highest BCUT2D eigenvalue weighted by molar-refractivity contribution is 5.87. The fraction of sp³-hybridized carbons (Fsp3) is 0.667. The van der Waals surface area contributed by atoms with Crippen molar-refractivity contribution in [1.29, 1.82) is 0 Å². The minimum absolute atomic E-state index is 0.141. The van der Waals surface area contributed by atoms with Crippen molar-refractivity contribution < 1.29 is 4.79 Å². The van der Waals surface area contributed by atoms with Crippen molar-refractivity contribution in [3.05, 3.63) is 24.3 Å². The van der Waals surface area contributed by atoms with Crippen LogP contribution in [-0.4, -0.2) is 36.5 Å². The largest absolute Gasteiger partial charge is 0.339 e. The number of nitrogens with one attached hydrogen (secondary N) is 1. The van der Waals surface area contributed by atoms with E-state index < -0.39 is 0 Å². The molecule has 0 aromatic heterocycles. The third kappa shape index (κ3) is 5.50. The number of rotatable bonds is 5. The predicted octanol–water partition coefficient (Wildman–Crippen LogP) is 2.36. The number of likely N-dealkylation sites (tertiary alicyclic amines) is 1. The summed E-state index contributed by atoms with van der Waals surface area (Å²) in [5.74, 6) is 0.738. The van der Waals surface area contributed by atoms with Gasteiger partial charge in [-0.25, -0.2) is 0 Å². The van der Waals surface area contributed by atoms with E-state index in [0.717, 1.165) is 26.1 Å². The van der Waals surface area contributed by atoms with Gasteiger partial charge in [0.2, 0.25) is 5.91 Å². The zero-order chi connectivity index (χ0) is 13.4. The molecule has 1 rings (SSSR count). The van der Waals surface area contributed by atoms with Crippen molar-refractivity contribution >= 4 is 5.91 Å². The lowest BCUT2D eigenvalue weighted by molar-refractivity contribution is -0.127. The first kappa shape index (κ1) is 15.0. The lowest BCUT2D eigenvalue weighted by atomic mass is 9.97. The van der Waals surface area contributed by atoms with Crippen LogP contribution in [0.2, 0.25) is 0 Å². The molecule has 1 fully saturated rings. The van der Waals surface area contributed by atoms with Gasteiger partial charge >= 0.3 is 0 Å². The molecule has 3 nitrogen and oxygen atoms in total. The smallest absolute Gasteiger partial charge is 0.246 e. The number of allylic oxidation sites excluding steroid dienone is 3. The van der Waals surface area contributed by atoms with Crippen molar-refractivity contribution in [3.8, 4) is 0 Å². The van der Waals surface area contributed by atoms with Gasteiger partial charge in [-0.2, -0.15) is 0 Å². The van der Waals surface area contributed by atoms with E-state index in [1.165, 1.54) is 6.42 Å². The van der Waals surface area contributed by atoms with Crippen LogP contribution in [0.1, 0.15) is 33.6 Å². The SMILES string of the molecule is CC=CC=CC(=O)N1CCCC(CNC(C)C)C1. The van der Waals surface area contributed by atoms with Gasteiger partial charge in [-0.05, 0) is 32.2 Å². The van der Waals surface area contributed by atoms with E-state index in [-0.39, 0.29) is 5.91 Å². The van der Waals surface area contributed by atoms with E-state index >= 15 is 0 Å². The van der Waals surface area contributed by atoms with E-state index in [0.29, 0.717) is 12.0 Å². The summed E-state index contributed by atoms with van der Waals surface area (Å²) in [6, 6.07) is 0.519. The van der Waals surface area contributed by atoms with Crippen molar-refractivity contribution in [2.75, 3.05) is 19.6 Å². The molecule has 0 aliphatic carbocycles. The Morgan fingerprint density at radius 3 is 2.89 bits per heavy atom. The quantitative estimate of drug-likeness (QED) is 0.600. The van der Waals surface area contributed by atoms with Crippen molar-refractivity contribution in [2.45, 2.75) is 39.7 Å². The first-order chi connectivity index (χ1) is 8.63. The molecular weight excluding hydrogens is 224 g/mol. The van der Waals surface area contributed by atoms with Crippen molar-refractivity contribution in [3.63, 3.8) is 0 Å². The van der Waals surface area contributed by atoms with Crippen LogP contribution in [0, 0.1) is 5.92 Å². The van der Waals surface area contributed by atoms with Gasteiger partial charge in [-0.3, -0.25) is 4.79 Å². The van der Waals surface area contributed by atoms with Gasteiger partial charge in [0.15, 0.2) is 0 Å². The summed E-state index contributed by atoms with van der Waals surface area (Å²) in [7, 11) is 0. The summed E-state index contributed by atoms with van der Waals surface area (Å²) in [6.07, 6.45) is 9.64.